The highest BCUT2D eigenvalue weighted by atomic mass is 19.4. The molecule has 0 spiro atoms. The van der Waals surface area contributed by atoms with Crippen LogP contribution in [0.4, 0.5) is 26.3 Å². The van der Waals surface area contributed by atoms with Gasteiger partial charge in [0.15, 0.2) is 11.0 Å². The first-order chi connectivity index (χ1) is 18.4. The van der Waals surface area contributed by atoms with Crippen molar-refractivity contribution in [3.05, 3.63) is 54.1 Å². The molecular formula is C21H22F6N8O5. The zero-order valence-corrected chi connectivity index (χ0v) is 21.1. The normalized spacial score (nSPS) is 15.2. The first kappa shape index (κ1) is 28.8. The van der Waals surface area contributed by atoms with Crippen LogP contribution in [0.25, 0.3) is 22.1 Å². The number of rotatable bonds is 4. The Morgan fingerprint density at radius 3 is 1.85 bits per heavy atom. The second-order valence-corrected chi connectivity index (χ2v) is 9.66. The highest BCUT2D eigenvalue weighted by Crippen LogP contribution is 2.28. The minimum Gasteiger partial charge on any atom is -0.380 e. The number of nitrogens with zero attached hydrogens (tertiary/aromatic N) is 7. The second-order valence-electron chi connectivity index (χ2n) is 9.66. The van der Waals surface area contributed by atoms with Crippen LogP contribution in [0.15, 0.2) is 31.6 Å². The number of H-pyrrole nitrogens is 1. The van der Waals surface area contributed by atoms with Gasteiger partial charge in [-0.3, -0.25) is 28.3 Å². The van der Waals surface area contributed by atoms with E-state index in [9.17, 15) is 45.5 Å². The van der Waals surface area contributed by atoms with Crippen LogP contribution < -0.4 is 22.5 Å². The molecule has 0 amide bonds. The molecule has 19 heteroatoms. The van der Waals surface area contributed by atoms with Crippen molar-refractivity contribution in [1.29, 1.82) is 0 Å². The average Bonchev–Trinajstić information content (AvgIpc) is 3.41. The monoisotopic (exact) mass is 580 g/mol. The molecule has 1 fully saturated rings. The smallest absolute Gasteiger partial charge is 0.380 e. The van der Waals surface area contributed by atoms with Crippen LogP contribution in [0, 0.1) is 5.41 Å². The fourth-order valence-electron chi connectivity index (χ4n) is 4.19. The maximum atomic E-state index is 12.6. The lowest BCUT2D eigenvalue weighted by Gasteiger charge is -2.38. The van der Waals surface area contributed by atoms with Crippen LogP contribution in [0.1, 0.15) is 6.92 Å². The van der Waals surface area contributed by atoms with Crippen LogP contribution in [-0.2, 0) is 38.5 Å². The Labute approximate surface area is 217 Å². The number of alkyl halides is 6. The lowest BCUT2D eigenvalue weighted by atomic mass is 9.88. The van der Waals surface area contributed by atoms with Gasteiger partial charge in [0.25, 0.3) is 11.1 Å². The van der Waals surface area contributed by atoms with E-state index in [4.69, 9.17) is 4.74 Å². The van der Waals surface area contributed by atoms with Crippen molar-refractivity contribution in [2.75, 3.05) is 13.2 Å². The van der Waals surface area contributed by atoms with Gasteiger partial charge in [-0.2, -0.15) is 36.5 Å². The van der Waals surface area contributed by atoms with Crippen molar-refractivity contribution in [3.8, 4) is 0 Å². The average molecular weight is 580 g/mol. The fourth-order valence-corrected chi connectivity index (χ4v) is 4.19. The summed E-state index contributed by atoms with van der Waals surface area (Å²) in [4.78, 5) is 49.4. The number of hydrogen-bond acceptors (Lipinski definition) is 7. The van der Waals surface area contributed by atoms with E-state index in [2.05, 4.69) is 10.2 Å². The molecule has 1 saturated heterocycles. The topological polar surface area (TPSA) is 144 Å². The summed E-state index contributed by atoms with van der Waals surface area (Å²) in [6.45, 7) is -0.0434. The summed E-state index contributed by atoms with van der Waals surface area (Å²) in [5, 5.41) is 7.07. The number of aromatic nitrogens is 8. The molecule has 0 unspecified atom stereocenters. The Kier molecular flexibility index (Phi) is 7.06. The van der Waals surface area contributed by atoms with Gasteiger partial charge < -0.3 is 4.74 Å². The molecular weight excluding hydrogens is 558 g/mol. The molecule has 5 heterocycles. The van der Waals surface area contributed by atoms with Gasteiger partial charge in [0.2, 0.25) is 0 Å². The van der Waals surface area contributed by atoms with Crippen molar-refractivity contribution in [2.45, 2.75) is 38.9 Å². The Bertz CT molecular complexity index is 1820. The van der Waals surface area contributed by atoms with Crippen LogP contribution in [0.5, 0.6) is 0 Å². The van der Waals surface area contributed by atoms with Gasteiger partial charge in [-0.05, 0) is 0 Å². The van der Waals surface area contributed by atoms with E-state index in [1.54, 1.807) is 0 Å². The van der Waals surface area contributed by atoms with Gasteiger partial charge in [-0.1, -0.05) is 6.92 Å². The predicted octanol–water partition coefficient (Wildman–Crippen LogP) is 0.481. The molecule has 13 nitrogen and oxygen atoms in total. The molecule has 5 rings (SSSR count). The van der Waals surface area contributed by atoms with Gasteiger partial charge in [-0.25, -0.2) is 19.0 Å². The summed E-state index contributed by atoms with van der Waals surface area (Å²) in [5.41, 5.74) is -3.67. The molecule has 1 aliphatic rings. The van der Waals surface area contributed by atoms with E-state index >= 15 is 0 Å². The van der Waals surface area contributed by atoms with E-state index in [1.807, 2.05) is 11.9 Å². The lowest BCUT2D eigenvalue weighted by molar-refractivity contribution is -0.142. The predicted molar refractivity (Wildman–Crippen MR) is 126 cm³/mol. The molecule has 0 radical (unpaired) electrons. The standard InChI is InChI=1S/C13H15F3N4O3.C8H7F3N4O2/c1-12(6-23-7-12)4-19-10(21)9-8(18(2)11(19)22)3-17-20(9)5-13(14,15)16;1-14-4-2-12-15(3-8(9,10)11)5(4)6(16)13-7(14)17/h3H,4-7H2,1-2H3;2H,3H2,1H3,(H,13,16,17). The summed E-state index contributed by atoms with van der Waals surface area (Å²) in [5.74, 6) is 0. The molecule has 0 aliphatic carbocycles. The number of aromatic amines is 1. The first-order valence-corrected chi connectivity index (χ1v) is 11.4. The van der Waals surface area contributed by atoms with Gasteiger partial charge in [0, 0.05) is 26.1 Å². The van der Waals surface area contributed by atoms with E-state index in [-0.39, 0.29) is 34.0 Å². The van der Waals surface area contributed by atoms with Crippen molar-refractivity contribution >= 4 is 22.1 Å². The maximum Gasteiger partial charge on any atom is 0.408 e. The van der Waals surface area contributed by atoms with Crippen molar-refractivity contribution in [1.82, 2.24) is 38.2 Å². The third-order valence-corrected chi connectivity index (χ3v) is 6.17. The van der Waals surface area contributed by atoms with E-state index < -0.39 is 47.9 Å². The van der Waals surface area contributed by atoms with Gasteiger partial charge in [0.1, 0.15) is 13.1 Å². The quantitative estimate of drug-likeness (QED) is 0.346. The third kappa shape index (κ3) is 5.58. The van der Waals surface area contributed by atoms with E-state index in [0.717, 1.165) is 26.1 Å². The molecule has 4 aromatic heterocycles. The number of fused-ring (bicyclic) bond motifs is 2. The highest BCUT2D eigenvalue weighted by Gasteiger charge is 2.36. The minimum absolute atomic E-state index is 0.0583. The molecule has 4 aromatic rings. The SMILES string of the molecule is Cn1c(=O)[nH]c(=O)c2c1cnn2CC(F)(F)F.Cn1c(=O)n(CC2(C)COC2)c(=O)c2c1cnn2CC(F)(F)F. The first-order valence-electron chi connectivity index (χ1n) is 11.4. The maximum absolute atomic E-state index is 12.6. The molecule has 218 valence electrons. The van der Waals surface area contributed by atoms with Gasteiger partial charge in [-0.15, -0.1) is 0 Å². The largest absolute Gasteiger partial charge is 0.408 e. The van der Waals surface area contributed by atoms with Crippen LogP contribution in [-0.4, -0.2) is 63.8 Å². The van der Waals surface area contributed by atoms with Crippen molar-refractivity contribution in [2.24, 2.45) is 19.5 Å². The summed E-state index contributed by atoms with van der Waals surface area (Å²) in [6, 6.07) is 0. The Morgan fingerprint density at radius 1 is 0.875 bits per heavy atom. The summed E-state index contributed by atoms with van der Waals surface area (Å²) >= 11 is 0. The second kappa shape index (κ2) is 9.79. The number of ether oxygens (including phenoxy) is 1. The molecule has 0 atom stereocenters. The van der Waals surface area contributed by atoms with Gasteiger partial charge in [0.05, 0.1) is 36.6 Å². The third-order valence-electron chi connectivity index (χ3n) is 6.17. The van der Waals surface area contributed by atoms with Crippen LogP contribution >= 0.6 is 0 Å². The summed E-state index contributed by atoms with van der Waals surface area (Å²) < 4.78 is 83.9. The Morgan fingerprint density at radius 2 is 1.38 bits per heavy atom. The molecule has 1 N–H and O–H groups in total. The van der Waals surface area contributed by atoms with Crippen molar-refractivity contribution in [3.63, 3.8) is 0 Å². The molecule has 1 aliphatic heterocycles. The van der Waals surface area contributed by atoms with Crippen molar-refractivity contribution < 1.29 is 31.1 Å². The Hall–Kier alpha value is -4.16. The van der Waals surface area contributed by atoms with Crippen LogP contribution in [0.3, 0.4) is 0 Å². The summed E-state index contributed by atoms with van der Waals surface area (Å²) in [7, 11) is 2.74. The van der Waals surface area contributed by atoms with Crippen LogP contribution in [0.2, 0.25) is 0 Å². The van der Waals surface area contributed by atoms with E-state index in [1.165, 1.54) is 14.1 Å². The molecule has 40 heavy (non-hydrogen) atoms. The molecule has 0 bridgehead atoms. The molecule has 0 saturated carbocycles. The fraction of sp³-hybridized carbons (Fsp3) is 0.524. The number of aryl methyl sites for hydroxylation is 2. The minimum atomic E-state index is -4.52. The number of hydrogen-bond donors (Lipinski definition) is 1. The zero-order chi connectivity index (χ0) is 29.8. The highest BCUT2D eigenvalue weighted by molar-refractivity contribution is 5.73. The Balaban J connectivity index is 0.000000194. The number of nitrogens with one attached hydrogen (secondary N) is 1. The molecule has 0 aromatic carbocycles. The van der Waals surface area contributed by atoms with Gasteiger partial charge >= 0.3 is 23.7 Å². The zero-order valence-electron chi connectivity index (χ0n) is 21.1. The van der Waals surface area contributed by atoms with E-state index in [0.29, 0.717) is 22.6 Å². The number of halogens is 6. The lowest BCUT2D eigenvalue weighted by Crippen LogP contribution is -2.50. The summed E-state index contributed by atoms with van der Waals surface area (Å²) in [6.07, 6.45) is -6.85.